The summed E-state index contributed by atoms with van der Waals surface area (Å²) in [6.45, 7) is 5.94. The number of nitrogens with two attached hydrogens (primary N) is 1. The zero-order valence-corrected chi connectivity index (χ0v) is 12.1. The van der Waals surface area contributed by atoms with Crippen molar-refractivity contribution in [3.05, 3.63) is 4.88 Å². The molecule has 1 aliphatic heterocycles. The normalized spacial score (nSPS) is 16.6. The minimum atomic E-state index is -0.112. The second-order valence-electron chi connectivity index (χ2n) is 5.03. The van der Waals surface area contributed by atoms with Crippen molar-refractivity contribution < 1.29 is 4.79 Å². The lowest BCUT2D eigenvalue weighted by atomic mass is 10.1. The fraction of sp³-hybridized carbons (Fsp3) is 0.667. The molecule has 0 aliphatic carbocycles. The average Bonchev–Trinajstić information content (AvgIpc) is 2.70. The zero-order valence-electron chi connectivity index (χ0n) is 11.3. The van der Waals surface area contributed by atoms with Crippen molar-refractivity contribution in [2.45, 2.75) is 38.8 Å². The molecule has 2 heterocycles. The molecule has 0 radical (unpaired) electrons. The van der Waals surface area contributed by atoms with Crippen LogP contribution in [0, 0.1) is 0 Å². The number of amides is 1. The molecular weight excluding hydrogens is 262 g/mol. The van der Waals surface area contributed by atoms with Crippen LogP contribution in [0.2, 0.25) is 0 Å². The SMILES string of the molecule is CC(C)Nc1nc(N)c(C(=O)NC2CCNCC2)s1. The van der Waals surface area contributed by atoms with E-state index in [0.717, 1.165) is 25.9 Å². The summed E-state index contributed by atoms with van der Waals surface area (Å²) in [5.41, 5.74) is 5.81. The molecule has 0 spiro atoms. The second-order valence-corrected chi connectivity index (χ2v) is 6.03. The number of thiazole rings is 1. The lowest BCUT2D eigenvalue weighted by Crippen LogP contribution is -2.42. The third-order valence-electron chi connectivity index (χ3n) is 2.95. The third-order valence-corrected chi connectivity index (χ3v) is 3.95. The largest absolute Gasteiger partial charge is 0.382 e. The molecule has 0 unspecified atom stereocenters. The number of carbonyl (C=O) groups is 1. The molecule has 1 aliphatic rings. The Balaban J connectivity index is 1.99. The van der Waals surface area contributed by atoms with E-state index in [1.807, 2.05) is 13.8 Å². The van der Waals surface area contributed by atoms with Gasteiger partial charge in [-0.3, -0.25) is 4.79 Å². The van der Waals surface area contributed by atoms with Crippen molar-refractivity contribution in [1.82, 2.24) is 15.6 Å². The highest BCUT2D eigenvalue weighted by atomic mass is 32.1. The van der Waals surface area contributed by atoms with Crippen molar-refractivity contribution in [1.29, 1.82) is 0 Å². The number of rotatable bonds is 4. The maximum absolute atomic E-state index is 12.2. The van der Waals surface area contributed by atoms with Crippen LogP contribution in [0.5, 0.6) is 0 Å². The number of carbonyl (C=O) groups excluding carboxylic acids is 1. The highest BCUT2D eigenvalue weighted by molar-refractivity contribution is 7.18. The summed E-state index contributed by atoms with van der Waals surface area (Å²) in [5.74, 6) is 0.193. The molecule has 19 heavy (non-hydrogen) atoms. The van der Waals surface area contributed by atoms with Gasteiger partial charge in [-0.25, -0.2) is 4.98 Å². The molecule has 6 nitrogen and oxygen atoms in total. The van der Waals surface area contributed by atoms with Crippen LogP contribution in [-0.4, -0.2) is 36.1 Å². The van der Waals surface area contributed by atoms with E-state index in [9.17, 15) is 4.79 Å². The van der Waals surface area contributed by atoms with E-state index in [1.165, 1.54) is 11.3 Å². The predicted molar refractivity (Wildman–Crippen MR) is 78.6 cm³/mol. The Labute approximate surface area is 117 Å². The monoisotopic (exact) mass is 283 g/mol. The summed E-state index contributed by atoms with van der Waals surface area (Å²) in [4.78, 5) is 16.8. The average molecular weight is 283 g/mol. The first-order valence-corrected chi connectivity index (χ1v) is 7.42. The smallest absolute Gasteiger partial charge is 0.265 e. The molecule has 0 atom stereocenters. The van der Waals surface area contributed by atoms with Gasteiger partial charge in [0, 0.05) is 12.1 Å². The molecule has 1 aromatic heterocycles. The number of anilines is 2. The van der Waals surface area contributed by atoms with Crippen LogP contribution in [0.3, 0.4) is 0 Å². The lowest BCUT2D eigenvalue weighted by Gasteiger charge is -2.23. The van der Waals surface area contributed by atoms with Gasteiger partial charge in [-0.1, -0.05) is 11.3 Å². The van der Waals surface area contributed by atoms with Crippen molar-refractivity contribution in [2.24, 2.45) is 0 Å². The van der Waals surface area contributed by atoms with E-state index < -0.39 is 0 Å². The van der Waals surface area contributed by atoms with E-state index in [2.05, 4.69) is 20.9 Å². The van der Waals surface area contributed by atoms with E-state index in [0.29, 0.717) is 15.8 Å². The first-order chi connectivity index (χ1) is 9.06. The van der Waals surface area contributed by atoms with Gasteiger partial charge in [0.15, 0.2) is 5.13 Å². The molecule has 106 valence electrons. The Morgan fingerprint density at radius 3 is 2.79 bits per heavy atom. The maximum atomic E-state index is 12.2. The Kier molecular flexibility index (Phi) is 4.60. The maximum Gasteiger partial charge on any atom is 0.265 e. The van der Waals surface area contributed by atoms with Gasteiger partial charge in [0.2, 0.25) is 0 Å². The number of hydrogen-bond acceptors (Lipinski definition) is 6. The van der Waals surface area contributed by atoms with Gasteiger partial charge in [-0.05, 0) is 39.8 Å². The number of nitrogens with zero attached hydrogens (tertiary/aromatic N) is 1. The van der Waals surface area contributed by atoms with Gasteiger partial charge < -0.3 is 21.7 Å². The number of nitrogens with one attached hydrogen (secondary N) is 3. The van der Waals surface area contributed by atoms with Crippen LogP contribution < -0.4 is 21.7 Å². The summed E-state index contributed by atoms with van der Waals surface area (Å²) in [5, 5.41) is 10.2. The summed E-state index contributed by atoms with van der Waals surface area (Å²) >= 11 is 1.31. The molecule has 7 heteroatoms. The van der Waals surface area contributed by atoms with Gasteiger partial charge in [0.05, 0.1) is 0 Å². The third kappa shape index (κ3) is 3.81. The summed E-state index contributed by atoms with van der Waals surface area (Å²) in [6.07, 6.45) is 1.92. The number of nitrogen functional groups attached to an aromatic ring is 1. The highest BCUT2D eigenvalue weighted by Crippen LogP contribution is 2.25. The Morgan fingerprint density at radius 1 is 1.47 bits per heavy atom. The van der Waals surface area contributed by atoms with Crippen LogP contribution in [0.1, 0.15) is 36.4 Å². The number of hydrogen-bond donors (Lipinski definition) is 4. The summed E-state index contributed by atoms with van der Waals surface area (Å²) in [6, 6.07) is 0.502. The first-order valence-electron chi connectivity index (χ1n) is 6.60. The van der Waals surface area contributed by atoms with Crippen LogP contribution in [0.15, 0.2) is 0 Å². The Hall–Kier alpha value is -1.34. The molecule has 1 fully saturated rings. The second kappa shape index (κ2) is 6.21. The molecule has 1 saturated heterocycles. The number of piperidine rings is 1. The van der Waals surface area contributed by atoms with E-state index in [1.54, 1.807) is 0 Å². The minimum Gasteiger partial charge on any atom is -0.382 e. The Morgan fingerprint density at radius 2 is 2.16 bits per heavy atom. The zero-order chi connectivity index (χ0) is 13.8. The molecule has 1 amide bonds. The predicted octanol–water partition coefficient (Wildman–Crippen LogP) is 1.03. The topological polar surface area (TPSA) is 92.1 Å². The quantitative estimate of drug-likeness (QED) is 0.662. The molecule has 0 saturated carbocycles. The molecule has 5 N–H and O–H groups in total. The van der Waals surface area contributed by atoms with Gasteiger partial charge >= 0.3 is 0 Å². The highest BCUT2D eigenvalue weighted by Gasteiger charge is 2.21. The van der Waals surface area contributed by atoms with Crippen molar-refractivity contribution >= 4 is 28.2 Å². The molecular formula is C12H21N5OS. The van der Waals surface area contributed by atoms with E-state index in [4.69, 9.17) is 5.73 Å². The van der Waals surface area contributed by atoms with Crippen molar-refractivity contribution in [3.63, 3.8) is 0 Å². The van der Waals surface area contributed by atoms with E-state index >= 15 is 0 Å². The number of aromatic nitrogens is 1. The van der Waals surface area contributed by atoms with Gasteiger partial charge in [-0.2, -0.15) is 0 Å². The minimum absolute atomic E-state index is 0.112. The molecule has 1 aromatic rings. The standard InChI is InChI=1S/C12H21N5OS/c1-7(2)15-12-17-10(13)9(19-12)11(18)16-8-3-5-14-6-4-8/h7-8,14H,3-6,13H2,1-2H3,(H,15,17)(H,16,18). The van der Waals surface area contributed by atoms with E-state index in [-0.39, 0.29) is 18.0 Å². The molecule has 2 rings (SSSR count). The fourth-order valence-electron chi connectivity index (χ4n) is 2.02. The van der Waals surface area contributed by atoms with Gasteiger partial charge in [-0.15, -0.1) is 0 Å². The van der Waals surface area contributed by atoms with Crippen LogP contribution >= 0.6 is 11.3 Å². The van der Waals surface area contributed by atoms with Crippen LogP contribution in [0.25, 0.3) is 0 Å². The summed E-state index contributed by atoms with van der Waals surface area (Å²) in [7, 11) is 0. The fourth-order valence-corrected chi connectivity index (χ4v) is 2.95. The van der Waals surface area contributed by atoms with Crippen LogP contribution in [0.4, 0.5) is 10.9 Å². The lowest BCUT2D eigenvalue weighted by molar-refractivity contribution is 0.0934. The first kappa shape index (κ1) is 14.1. The van der Waals surface area contributed by atoms with Crippen molar-refractivity contribution in [2.75, 3.05) is 24.1 Å². The van der Waals surface area contributed by atoms with Crippen molar-refractivity contribution in [3.8, 4) is 0 Å². The van der Waals surface area contributed by atoms with Crippen LogP contribution in [-0.2, 0) is 0 Å². The summed E-state index contributed by atoms with van der Waals surface area (Å²) < 4.78 is 0. The van der Waals surface area contributed by atoms with Gasteiger partial charge in [0.1, 0.15) is 10.7 Å². The Bertz CT molecular complexity index is 439. The molecule has 0 aromatic carbocycles. The molecule has 0 bridgehead atoms. The van der Waals surface area contributed by atoms with Gasteiger partial charge in [0.25, 0.3) is 5.91 Å².